The van der Waals surface area contributed by atoms with Crippen molar-refractivity contribution in [3.05, 3.63) is 0 Å². The predicted molar refractivity (Wildman–Crippen MR) is 65.1 cm³/mol. The first-order valence-corrected chi connectivity index (χ1v) is 7.55. The van der Waals surface area contributed by atoms with Crippen molar-refractivity contribution in [1.82, 2.24) is 0 Å². The number of hydrogen-bond acceptors (Lipinski definition) is 5. The molecule has 104 valence electrons. The smallest absolute Gasteiger partial charge is 0.318 e. The van der Waals surface area contributed by atoms with E-state index in [4.69, 9.17) is 15.5 Å². The zero-order valence-electron chi connectivity index (χ0n) is 10.4. The van der Waals surface area contributed by atoms with Crippen LogP contribution in [0.25, 0.3) is 0 Å². The summed E-state index contributed by atoms with van der Waals surface area (Å²) < 4.78 is 30.7. The molecule has 0 spiro atoms. The highest BCUT2D eigenvalue weighted by molar-refractivity contribution is 7.32. The fourth-order valence-electron chi connectivity index (χ4n) is 1.78. The Kier molecular flexibility index (Phi) is 6.53. The molecular weight excluding hydrogens is 268 g/mol. The molecule has 0 aromatic rings. The maximum Gasteiger partial charge on any atom is 0.318 e. The van der Waals surface area contributed by atoms with Crippen LogP contribution in [0.4, 0.5) is 0 Å². The second-order valence-electron chi connectivity index (χ2n) is 5.25. The molecule has 0 radical (unpaired) electrons. The first kappa shape index (κ1) is 17.3. The molecule has 4 N–H and O–H groups in total. The second kappa shape index (κ2) is 6.43. The summed E-state index contributed by atoms with van der Waals surface area (Å²) in [5.41, 5.74) is 4.51. The molecule has 7 nitrogen and oxygen atoms in total. The van der Waals surface area contributed by atoms with E-state index in [0.29, 0.717) is 6.42 Å². The fraction of sp³-hybridized carbons (Fsp3) is 1.00. The molecule has 2 unspecified atom stereocenters. The van der Waals surface area contributed by atoms with Gasteiger partial charge in [0.1, 0.15) is 0 Å². The summed E-state index contributed by atoms with van der Waals surface area (Å²) in [5, 5.41) is 0. The first-order valence-electron chi connectivity index (χ1n) is 5.02. The normalized spacial score (nSPS) is 18.8. The first-order chi connectivity index (χ1) is 7.44. The summed E-state index contributed by atoms with van der Waals surface area (Å²) in [6.07, 6.45) is -0.868. The van der Waals surface area contributed by atoms with Crippen molar-refractivity contribution in [2.45, 2.75) is 45.9 Å². The summed E-state index contributed by atoms with van der Waals surface area (Å²) in [4.78, 5) is 17.5. The van der Waals surface area contributed by atoms with Crippen molar-refractivity contribution >= 4 is 16.5 Å². The van der Waals surface area contributed by atoms with E-state index in [0.717, 1.165) is 0 Å². The van der Waals surface area contributed by atoms with Gasteiger partial charge in [-0.3, -0.25) is 18.2 Å². The Morgan fingerprint density at radius 1 is 1.12 bits per heavy atom. The fourth-order valence-corrected chi connectivity index (χ4v) is 2.98. The van der Waals surface area contributed by atoms with E-state index in [1.165, 1.54) is 0 Å². The van der Waals surface area contributed by atoms with E-state index in [2.05, 4.69) is 9.05 Å². The molecule has 0 aromatic heterocycles. The lowest BCUT2D eigenvalue weighted by Crippen LogP contribution is -2.43. The molecule has 0 aromatic carbocycles. The van der Waals surface area contributed by atoms with Crippen molar-refractivity contribution in [2.75, 3.05) is 0 Å². The zero-order chi connectivity index (χ0) is 13.9. The van der Waals surface area contributed by atoms with Crippen molar-refractivity contribution in [3.63, 3.8) is 0 Å². The summed E-state index contributed by atoms with van der Waals surface area (Å²) >= 11 is 0. The Morgan fingerprint density at radius 2 is 1.47 bits per heavy atom. The lowest BCUT2D eigenvalue weighted by atomic mass is 9.80. The maximum absolute atomic E-state index is 10.7. The third-order valence-electron chi connectivity index (χ3n) is 1.97. The number of nitrogens with two attached hydrogens (primary N) is 1. The van der Waals surface area contributed by atoms with Gasteiger partial charge in [0.05, 0.1) is 0 Å². The van der Waals surface area contributed by atoms with E-state index in [1.54, 1.807) is 27.7 Å². The zero-order valence-corrected chi connectivity index (χ0v) is 12.4. The third kappa shape index (κ3) is 8.06. The van der Waals surface area contributed by atoms with Gasteiger partial charge in [0, 0.05) is 11.0 Å². The van der Waals surface area contributed by atoms with Gasteiger partial charge in [0.25, 0.3) is 0 Å². The van der Waals surface area contributed by atoms with Gasteiger partial charge in [0.15, 0.2) is 6.29 Å². The minimum atomic E-state index is -3.27. The Bertz CT molecular complexity index is 285. The molecule has 0 amide bonds. The van der Waals surface area contributed by atoms with Crippen molar-refractivity contribution in [2.24, 2.45) is 11.1 Å². The largest absolute Gasteiger partial charge is 0.326 e. The average molecular weight is 289 g/mol. The highest BCUT2D eigenvalue weighted by atomic mass is 31.1. The molecule has 9 heteroatoms. The van der Waals surface area contributed by atoms with Crippen LogP contribution in [0, 0.1) is 5.41 Å². The lowest BCUT2D eigenvalue weighted by molar-refractivity contribution is -0.0913. The Labute approximate surface area is 102 Å². The second-order valence-corrected chi connectivity index (χ2v) is 6.79. The summed E-state index contributed by atoms with van der Waals surface area (Å²) in [7, 11) is -6.53. The van der Waals surface area contributed by atoms with Crippen molar-refractivity contribution in [3.8, 4) is 0 Å². The standard InChI is InChI=1S/C8H21NO6P2/c1-7(2,5-8(3,4)9)6(14-16(10)11)15-17(12)13/h6,16-17H,5,9H2,1-4H3,(H,10,11)(H,12,13). The van der Waals surface area contributed by atoms with E-state index >= 15 is 0 Å². The van der Waals surface area contributed by atoms with E-state index in [1.807, 2.05) is 0 Å². The van der Waals surface area contributed by atoms with Crippen LogP contribution in [0.3, 0.4) is 0 Å². The monoisotopic (exact) mass is 289 g/mol. The molecule has 0 rings (SSSR count). The Morgan fingerprint density at radius 3 is 1.71 bits per heavy atom. The van der Waals surface area contributed by atoms with Gasteiger partial charge >= 0.3 is 16.5 Å². The van der Waals surface area contributed by atoms with Crippen molar-refractivity contribution < 1.29 is 28.0 Å². The molecule has 0 fully saturated rings. The van der Waals surface area contributed by atoms with Gasteiger partial charge in [-0.05, 0) is 20.3 Å². The van der Waals surface area contributed by atoms with Crippen LogP contribution < -0.4 is 5.73 Å². The third-order valence-corrected chi connectivity index (χ3v) is 2.80. The highest BCUT2D eigenvalue weighted by Gasteiger charge is 2.37. The van der Waals surface area contributed by atoms with E-state index in [9.17, 15) is 9.13 Å². The van der Waals surface area contributed by atoms with Crippen LogP contribution >= 0.6 is 16.5 Å². The molecule has 2 atom stereocenters. The number of hydrogen-bond donors (Lipinski definition) is 3. The van der Waals surface area contributed by atoms with Crippen LogP contribution in [-0.2, 0) is 18.2 Å². The molecule has 0 saturated heterocycles. The minimum absolute atomic E-state index is 0.384. The molecule has 0 saturated carbocycles. The molecule has 0 aliphatic rings. The average Bonchev–Trinajstić information content (AvgIpc) is 1.95. The molecule has 0 aliphatic heterocycles. The van der Waals surface area contributed by atoms with Crippen LogP contribution in [-0.4, -0.2) is 21.6 Å². The Hall–Kier alpha value is 0.260. The summed E-state index contributed by atoms with van der Waals surface area (Å²) in [5.74, 6) is 0. The van der Waals surface area contributed by atoms with Gasteiger partial charge in [-0.2, -0.15) is 0 Å². The lowest BCUT2D eigenvalue weighted by Gasteiger charge is -2.36. The quantitative estimate of drug-likeness (QED) is 0.476. The topological polar surface area (TPSA) is 119 Å². The summed E-state index contributed by atoms with van der Waals surface area (Å²) in [6, 6.07) is 0. The molecule has 0 aliphatic carbocycles. The molecule has 0 bridgehead atoms. The van der Waals surface area contributed by atoms with Crippen LogP contribution in [0.2, 0.25) is 0 Å². The van der Waals surface area contributed by atoms with Gasteiger partial charge < -0.3 is 15.5 Å². The summed E-state index contributed by atoms with van der Waals surface area (Å²) in [6.45, 7) is 6.91. The van der Waals surface area contributed by atoms with Gasteiger partial charge in [-0.25, -0.2) is 0 Å². The van der Waals surface area contributed by atoms with E-state index < -0.39 is 33.8 Å². The van der Waals surface area contributed by atoms with E-state index in [-0.39, 0.29) is 0 Å². The van der Waals surface area contributed by atoms with Gasteiger partial charge in [0.2, 0.25) is 0 Å². The molecular formula is C8H21NO6P2. The van der Waals surface area contributed by atoms with Gasteiger partial charge in [-0.15, -0.1) is 0 Å². The number of rotatable bonds is 7. The Balaban J connectivity index is 4.87. The van der Waals surface area contributed by atoms with Crippen LogP contribution in [0.15, 0.2) is 0 Å². The van der Waals surface area contributed by atoms with Crippen LogP contribution in [0.1, 0.15) is 34.1 Å². The molecule has 0 heterocycles. The predicted octanol–water partition coefficient (Wildman–Crippen LogP) is 1.26. The van der Waals surface area contributed by atoms with Gasteiger partial charge in [-0.1, -0.05) is 13.8 Å². The van der Waals surface area contributed by atoms with Crippen LogP contribution in [0.5, 0.6) is 0 Å². The minimum Gasteiger partial charge on any atom is -0.326 e. The SMILES string of the molecule is CC(C)(N)CC(C)(C)C(O[PH](=O)O)O[PH](=O)O. The molecule has 17 heavy (non-hydrogen) atoms. The highest BCUT2D eigenvalue weighted by Crippen LogP contribution is 2.40. The van der Waals surface area contributed by atoms with Crippen molar-refractivity contribution in [1.29, 1.82) is 0 Å². The maximum atomic E-state index is 10.7.